The minimum absolute atomic E-state index is 0.0603. The van der Waals surface area contributed by atoms with Gasteiger partial charge in [0.05, 0.1) is 4.92 Å². The number of non-ortho nitro benzene ring substituents is 1. The third-order valence-corrected chi connectivity index (χ3v) is 4.10. The monoisotopic (exact) mass is 302 g/mol. The number of nitrogens with zero attached hydrogens (tertiary/aromatic N) is 1. The first-order chi connectivity index (χ1) is 10.1. The second kappa shape index (κ2) is 7.24. The quantitative estimate of drug-likeness (QED) is 0.494. The van der Waals surface area contributed by atoms with Gasteiger partial charge in [0.25, 0.3) is 5.69 Å². The Morgan fingerprint density at radius 2 is 1.95 bits per heavy atom. The van der Waals surface area contributed by atoms with Crippen LogP contribution in [-0.2, 0) is 6.54 Å². The van der Waals surface area contributed by atoms with E-state index in [0.29, 0.717) is 0 Å². The van der Waals surface area contributed by atoms with Gasteiger partial charge in [-0.2, -0.15) is 0 Å². The number of benzene rings is 2. The van der Waals surface area contributed by atoms with Crippen molar-refractivity contribution >= 4 is 17.4 Å². The van der Waals surface area contributed by atoms with Crippen LogP contribution in [0, 0.1) is 10.1 Å². The van der Waals surface area contributed by atoms with Crippen molar-refractivity contribution in [1.82, 2.24) is 5.32 Å². The molecule has 1 atom stereocenters. The highest BCUT2D eigenvalue weighted by Gasteiger charge is 2.10. The standard InChI is InChI=1S/C16H18N2O2S/c1-12(14-4-3-5-15(10-14)18(19)20)17-11-13-6-8-16(21-2)9-7-13/h3-10,12,17H,11H2,1-2H3. The average molecular weight is 302 g/mol. The van der Waals surface area contributed by atoms with Gasteiger partial charge in [0.15, 0.2) is 0 Å². The summed E-state index contributed by atoms with van der Waals surface area (Å²) in [5, 5.41) is 14.2. The molecule has 0 aliphatic heterocycles. The van der Waals surface area contributed by atoms with E-state index in [-0.39, 0.29) is 16.7 Å². The van der Waals surface area contributed by atoms with Crippen LogP contribution < -0.4 is 5.32 Å². The summed E-state index contributed by atoms with van der Waals surface area (Å²) >= 11 is 1.72. The zero-order chi connectivity index (χ0) is 15.2. The van der Waals surface area contributed by atoms with Crippen molar-refractivity contribution in [3.63, 3.8) is 0 Å². The van der Waals surface area contributed by atoms with Gasteiger partial charge in [0.1, 0.15) is 0 Å². The van der Waals surface area contributed by atoms with E-state index >= 15 is 0 Å². The van der Waals surface area contributed by atoms with Gasteiger partial charge in [0, 0.05) is 29.6 Å². The number of rotatable bonds is 6. The maximum atomic E-state index is 10.8. The zero-order valence-electron chi connectivity index (χ0n) is 12.1. The van der Waals surface area contributed by atoms with E-state index in [1.165, 1.54) is 16.5 Å². The fourth-order valence-electron chi connectivity index (χ4n) is 2.04. The molecule has 0 aliphatic rings. The lowest BCUT2D eigenvalue weighted by atomic mass is 10.1. The van der Waals surface area contributed by atoms with Crippen molar-refractivity contribution in [2.24, 2.45) is 0 Å². The van der Waals surface area contributed by atoms with Gasteiger partial charge >= 0.3 is 0 Å². The van der Waals surface area contributed by atoms with E-state index in [1.54, 1.807) is 23.9 Å². The van der Waals surface area contributed by atoms with Crippen molar-refractivity contribution in [2.45, 2.75) is 24.4 Å². The second-order valence-electron chi connectivity index (χ2n) is 4.80. The molecule has 0 radical (unpaired) electrons. The largest absolute Gasteiger partial charge is 0.306 e. The van der Waals surface area contributed by atoms with E-state index in [1.807, 2.05) is 13.0 Å². The molecule has 5 heteroatoms. The van der Waals surface area contributed by atoms with Crippen molar-refractivity contribution in [3.05, 3.63) is 69.8 Å². The first kappa shape index (κ1) is 15.5. The summed E-state index contributed by atoms with van der Waals surface area (Å²) in [4.78, 5) is 11.7. The molecule has 0 aromatic heterocycles. The Labute approximate surface area is 128 Å². The molecule has 4 nitrogen and oxygen atoms in total. The summed E-state index contributed by atoms with van der Waals surface area (Å²) in [6.45, 7) is 2.74. The number of hydrogen-bond donors (Lipinski definition) is 1. The van der Waals surface area contributed by atoms with Gasteiger partial charge < -0.3 is 5.32 Å². The summed E-state index contributed by atoms with van der Waals surface area (Å²) in [5.41, 5.74) is 2.25. The fourth-order valence-corrected chi connectivity index (χ4v) is 2.45. The molecule has 2 aromatic rings. The van der Waals surface area contributed by atoms with Gasteiger partial charge in [-0.25, -0.2) is 0 Å². The molecule has 0 amide bonds. The highest BCUT2D eigenvalue weighted by atomic mass is 32.2. The van der Waals surface area contributed by atoms with Crippen LogP contribution in [0.2, 0.25) is 0 Å². The molecule has 21 heavy (non-hydrogen) atoms. The summed E-state index contributed by atoms with van der Waals surface area (Å²) in [5.74, 6) is 0. The Morgan fingerprint density at radius 3 is 2.57 bits per heavy atom. The average Bonchev–Trinajstić information content (AvgIpc) is 2.53. The Bertz CT molecular complexity index is 614. The topological polar surface area (TPSA) is 55.2 Å². The number of nitro benzene ring substituents is 1. The van der Waals surface area contributed by atoms with E-state index in [9.17, 15) is 10.1 Å². The lowest BCUT2D eigenvalue weighted by Gasteiger charge is -2.14. The molecular formula is C16H18N2O2S. The molecule has 1 N–H and O–H groups in total. The van der Waals surface area contributed by atoms with Gasteiger partial charge in [-0.1, -0.05) is 24.3 Å². The first-order valence-corrected chi connectivity index (χ1v) is 7.93. The van der Waals surface area contributed by atoms with Crippen LogP contribution in [-0.4, -0.2) is 11.2 Å². The van der Waals surface area contributed by atoms with Gasteiger partial charge in [-0.15, -0.1) is 11.8 Å². The molecule has 2 rings (SSSR count). The number of thioether (sulfide) groups is 1. The molecule has 0 fully saturated rings. The minimum atomic E-state index is -0.364. The number of nitro groups is 1. The highest BCUT2D eigenvalue weighted by molar-refractivity contribution is 7.98. The Hall–Kier alpha value is -1.85. The van der Waals surface area contributed by atoms with Crippen molar-refractivity contribution in [1.29, 1.82) is 0 Å². The highest BCUT2D eigenvalue weighted by Crippen LogP contribution is 2.20. The lowest BCUT2D eigenvalue weighted by Crippen LogP contribution is -2.18. The number of hydrogen-bond acceptors (Lipinski definition) is 4. The van der Waals surface area contributed by atoms with Gasteiger partial charge in [-0.3, -0.25) is 10.1 Å². The molecule has 0 aliphatic carbocycles. The molecule has 1 unspecified atom stereocenters. The molecule has 110 valence electrons. The maximum absolute atomic E-state index is 10.8. The molecular weight excluding hydrogens is 284 g/mol. The molecule has 0 heterocycles. The molecule has 0 saturated heterocycles. The smallest absolute Gasteiger partial charge is 0.269 e. The summed E-state index contributed by atoms with van der Waals surface area (Å²) in [6.07, 6.45) is 2.05. The summed E-state index contributed by atoms with van der Waals surface area (Å²) in [7, 11) is 0. The van der Waals surface area contributed by atoms with Crippen LogP contribution in [0.15, 0.2) is 53.4 Å². The fraction of sp³-hybridized carbons (Fsp3) is 0.250. The first-order valence-electron chi connectivity index (χ1n) is 6.71. The predicted octanol–water partition coefficient (Wildman–Crippen LogP) is 4.17. The summed E-state index contributed by atoms with van der Waals surface area (Å²) < 4.78 is 0. The minimum Gasteiger partial charge on any atom is -0.306 e. The predicted molar refractivity (Wildman–Crippen MR) is 86.6 cm³/mol. The Balaban J connectivity index is 1.99. The Morgan fingerprint density at radius 1 is 1.24 bits per heavy atom. The van der Waals surface area contributed by atoms with Crippen LogP contribution >= 0.6 is 11.8 Å². The van der Waals surface area contributed by atoms with Crippen LogP contribution in [0.3, 0.4) is 0 Å². The van der Waals surface area contributed by atoms with Crippen molar-refractivity contribution < 1.29 is 4.92 Å². The van der Waals surface area contributed by atoms with Gasteiger partial charge in [-0.05, 0) is 36.4 Å². The van der Waals surface area contributed by atoms with Crippen LogP contribution in [0.25, 0.3) is 0 Å². The molecule has 2 aromatic carbocycles. The van der Waals surface area contributed by atoms with E-state index in [4.69, 9.17) is 0 Å². The van der Waals surface area contributed by atoms with Crippen molar-refractivity contribution in [2.75, 3.05) is 6.26 Å². The van der Waals surface area contributed by atoms with Crippen LogP contribution in [0.4, 0.5) is 5.69 Å². The molecule has 0 spiro atoms. The zero-order valence-corrected chi connectivity index (χ0v) is 12.9. The SMILES string of the molecule is CSc1ccc(CNC(C)c2cccc([N+](=O)[O-])c2)cc1. The van der Waals surface area contributed by atoms with Crippen LogP contribution in [0.1, 0.15) is 24.1 Å². The lowest BCUT2D eigenvalue weighted by molar-refractivity contribution is -0.384. The van der Waals surface area contributed by atoms with Crippen LogP contribution in [0.5, 0.6) is 0 Å². The molecule has 0 saturated carbocycles. The van der Waals surface area contributed by atoms with Crippen molar-refractivity contribution in [3.8, 4) is 0 Å². The maximum Gasteiger partial charge on any atom is 0.269 e. The summed E-state index contributed by atoms with van der Waals surface area (Å²) in [6, 6.07) is 15.2. The van der Waals surface area contributed by atoms with E-state index in [0.717, 1.165) is 12.1 Å². The number of nitrogens with one attached hydrogen (secondary N) is 1. The third kappa shape index (κ3) is 4.31. The van der Waals surface area contributed by atoms with Gasteiger partial charge in [0.2, 0.25) is 0 Å². The third-order valence-electron chi connectivity index (χ3n) is 3.35. The second-order valence-corrected chi connectivity index (χ2v) is 5.68. The van der Waals surface area contributed by atoms with E-state index < -0.39 is 0 Å². The Kier molecular flexibility index (Phi) is 5.36. The molecule has 0 bridgehead atoms. The normalized spacial score (nSPS) is 12.1. The van der Waals surface area contributed by atoms with E-state index in [2.05, 4.69) is 35.8 Å².